The van der Waals surface area contributed by atoms with E-state index in [4.69, 9.17) is 14.6 Å². The lowest BCUT2D eigenvalue weighted by molar-refractivity contribution is -0.147. The lowest BCUT2D eigenvalue weighted by Gasteiger charge is -2.31. The summed E-state index contributed by atoms with van der Waals surface area (Å²) >= 11 is 0. The molecule has 6 heteroatoms. The third-order valence-electron chi connectivity index (χ3n) is 4.93. The molecule has 1 N–H and O–H groups in total. The first-order valence-electron chi connectivity index (χ1n) is 8.91. The van der Waals surface area contributed by atoms with Gasteiger partial charge in [-0.25, -0.2) is 4.79 Å². The number of fused-ring (bicyclic) bond motifs is 1. The van der Waals surface area contributed by atoms with E-state index >= 15 is 0 Å². The van der Waals surface area contributed by atoms with Crippen LogP contribution in [0.4, 0.5) is 0 Å². The van der Waals surface area contributed by atoms with Crippen molar-refractivity contribution < 1.29 is 24.2 Å². The molecule has 136 valence electrons. The van der Waals surface area contributed by atoms with Crippen molar-refractivity contribution >= 4 is 11.9 Å². The Labute approximate surface area is 147 Å². The second-order valence-corrected chi connectivity index (χ2v) is 6.76. The van der Waals surface area contributed by atoms with Crippen LogP contribution in [-0.2, 0) is 27.2 Å². The van der Waals surface area contributed by atoms with E-state index in [2.05, 4.69) is 0 Å². The van der Waals surface area contributed by atoms with E-state index in [1.807, 2.05) is 6.07 Å². The predicted molar refractivity (Wildman–Crippen MR) is 91.5 cm³/mol. The number of carboxylic acid groups (broad SMARTS) is 1. The molecule has 1 amide bonds. The Balaban J connectivity index is 1.57. The highest BCUT2D eigenvalue weighted by Gasteiger charge is 2.26. The molecule has 1 aromatic carbocycles. The SMILES string of the molecule is CC(OCC1CCCCO1)C(=O)N1CCc2ccc(C(=O)O)cc2C1. The van der Waals surface area contributed by atoms with Gasteiger partial charge in [0.25, 0.3) is 5.91 Å². The first kappa shape index (κ1) is 17.9. The smallest absolute Gasteiger partial charge is 0.335 e. The standard InChI is InChI=1S/C19H25NO5/c1-13(25-12-17-4-2-3-9-24-17)18(21)20-8-7-14-5-6-15(19(22)23)10-16(14)11-20/h5-6,10,13,17H,2-4,7-9,11-12H2,1H3,(H,22,23). The molecule has 1 aromatic rings. The van der Waals surface area contributed by atoms with E-state index in [1.165, 1.54) is 0 Å². The number of carboxylic acids is 1. The summed E-state index contributed by atoms with van der Waals surface area (Å²) in [5, 5.41) is 9.13. The van der Waals surface area contributed by atoms with E-state index in [1.54, 1.807) is 24.0 Å². The Morgan fingerprint density at radius 2 is 2.20 bits per heavy atom. The third kappa shape index (κ3) is 4.38. The second-order valence-electron chi connectivity index (χ2n) is 6.76. The van der Waals surface area contributed by atoms with Crippen LogP contribution in [-0.4, -0.2) is 53.8 Å². The molecule has 0 aromatic heterocycles. The van der Waals surface area contributed by atoms with E-state index in [-0.39, 0.29) is 17.6 Å². The zero-order valence-corrected chi connectivity index (χ0v) is 14.6. The lowest BCUT2D eigenvalue weighted by Crippen LogP contribution is -2.43. The maximum Gasteiger partial charge on any atom is 0.335 e. The summed E-state index contributed by atoms with van der Waals surface area (Å²) in [5.74, 6) is -1.00. The maximum atomic E-state index is 12.6. The van der Waals surface area contributed by atoms with Crippen molar-refractivity contribution in [2.75, 3.05) is 19.8 Å². The van der Waals surface area contributed by atoms with Gasteiger partial charge < -0.3 is 19.5 Å². The predicted octanol–water partition coefficient (Wildman–Crippen LogP) is 2.24. The normalized spacial score (nSPS) is 21.5. The van der Waals surface area contributed by atoms with Gasteiger partial charge in [0.05, 0.1) is 18.3 Å². The van der Waals surface area contributed by atoms with Gasteiger partial charge in [-0.1, -0.05) is 6.07 Å². The first-order chi connectivity index (χ1) is 12.0. The number of hydrogen-bond donors (Lipinski definition) is 1. The number of aromatic carboxylic acids is 1. The van der Waals surface area contributed by atoms with Crippen LogP contribution in [0.3, 0.4) is 0 Å². The lowest BCUT2D eigenvalue weighted by atomic mass is 9.97. The van der Waals surface area contributed by atoms with Crippen molar-refractivity contribution in [1.82, 2.24) is 4.90 Å². The van der Waals surface area contributed by atoms with Gasteiger partial charge in [-0.2, -0.15) is 0 Å². The molecule has 2 aliphatic rings. The molecule has 0 bridgehead atoms. The first-order valence-corrected chi connectivity index (χ1v) is 8.91. The Kier molecular flexibility index (Phi) is 5.71. The van der Waals surface area contributed by atoms with Crippen molar-refractivity contribution in [3.05, 3.63) is 34.9 Å². The molecule has 6 nitrogen and oxygen atoms in total. The molecule has 2 heterocycles. The summed E-state index contributed by atoms with van der Waals surface area (Å²) in [6.07, 6.45) is 3.52. The molecule has 0 radical (unpaired) electrons. The second kappa shape index (κ2) is 7.97. The quantitative estimate of drug-likeness (QED) is 0.884. The van der Waals surface area contributed by atoms with E-state index in [0.717, 1.165) is 43.4 Å². The van der Waals surface area contributed by atoms with Gasteiger partial charge in [-0.15, -0.1) is 0 Å². The summed E-state index contributed by atoms with van der Waals surface area (Å²) in [6, 6.07) is 5.13. The Bertz CT molecular complexity index is 639. The molecule has 25 heavy (non-hydrogen) atoms. The van der Waals surface area contributed by atoms with Gasteiger partial charge in [-0.05, 0) is 55.9 Å². The van der Waals surface area contributed by atoms with Gasteiger partial charge in [0, 0.05) is 19.7 Å². The van der Waals surface area contributed by atoms with Crippen LogP contribution in [0, 0.1) is 0 Å². The third-order valence-corrected chi connectivity index (χ3v) is 4.93. The van der Waals surface area contributed by atoms with Crippen LogP contribution in [0.15, 0.2) is 18.2 Å². The number of carbonyl (C=O) groups excluding carboxylic acids is 1. The fraction of sp³-hybridized carbons (Fsp3) is 0.579. The number of hydrogen-bond acceptors (Lipinski definition) is 4. The number of ether oxygens (including phenoxy) is 2. The summed E-state index contributed by atoms with van der Waals surface area (Å²) in [5.41, 5.74) is 2.27. The molecule has 2 atom stereocenters. The number of benzene rings is 1. The molecule has 2 aliphatic heterocycles. The van der Waals surface area contributed by atoms with Crippen molar-refractivity contribution in [3.8, 4) is 0 Å². The highest BCUT2D eigenvalue weighted by atomic mass is 16.5. The van der Waals surface area contributed by atoms with Gasteiger partial charge in [-0.3, -0.25) is 4.79 Å². The average Bonchev–Trinajstić information content (AvgIpc) is 2.65. The van der Waals surface area contributed by atoms with Crippen LogP contribution in [0.1, 0.15) is 47.7 Å². The van der Waals surface area contributed by atoms with Crippen molar-refractivity contribution in [1.29, 1.82) is 0 Å². The summed E-state index contributed by atoms with van der Waals surface area (Å²) < 4.78 is 11.4. The molecular weight excluding hydrogens is 322 g/mol. The van der Waals surface area contributed by atoms with Gasteiger partial charge in [0.1, 0.15) is 6.10 Å². The number of amides is 1. The minimum absolute atomic E-state index is 0.0535. The molecule has 0 saturated carbocycles. The fourth-order valence-corrected chi connectivity index (χ4v) is 3.40. The monoisotopic (exact) mass is 347 g/mol. The molecule has 0 spiro atoms. The maximum absolute atomic E-state index is 12.6. The summed E-state index contributed by atoms with van der Waals surface area (Å²) in [7, 11) is 0. The largest absolute Gasteiger partial charge is 0.478 e. The fourth-order valence-electron chi connectivity index (χ4n) is 3.40. The Morgan fingerprint density at radius 1 is 1.36 bits per heavy atom. The van der Waals surface area contributed by atoms with Crippen LogP contribution in [0.25, 0.3) is 0 Å². The highest BCUT2D eigenvalue weighted by Crippen LogP contribution is 2.22. The number of rotatable bonds is 5. The van der Waals surface area contributed by atoms with Gasteiger partial charge in [0.15, 0.2) is 0 Å². The van der Waals surface area contributed by atoms with E-state index in [0.29, 0.717) is 19.7 Å². The number of nitrogens with zero attached hydrogens (tertiary/aromatic N) is 1. The molecule has 1 saturated heterocycles. The van der Waals surface area contributed by atoms with Crippen molar-refractivity contribution in [2.45, 2.75) is 51.4 Å². The molecule has 3 rings (SSSR count). The highest BCUT2D eigenvalue weighted by molar-refractivity contribution is 5.88. The molecule has 2 unspecified atom stereocenters. The topological polar surface area (TPSA) is 76.1 Å². The minimum atomic E-state index is -0.949. The van der Waals surface area contributed by atoms with Crippen molar-refractivity contribution in [2.24, 2.45) is 0 Å². The van der Waals surface area contributed by atoms with Crippen molar-refractivity contribution in [3.63, 3.8) is 0 Å². The van der Waals surface area contributed by atoms with E-state index < -0.39 is 12.1 Å². The Morgan fingerprint density at radius 3 is 2.92 bits per heavy atom. The van der Waals surface area contributed by atoms with Gasteiger partial charge in [0.2, 0.25) is 0 Å². The number of carbonyl (C=O) groups is 2. The van der Waals surface area contributed by atoms with Crippen LogP contribution >= 0.6 is 0 Å². The summed E-state index contributed by atoms with van der Waals surface area (Å²) in [6.45, 7) is 4.05. The molecule has 1 fully saturated rings. The van der Waals surface area contributed by atoms with Crippen LogP contribution in [0.5, 0.6) is 0 Å². The molecule has 0 aliphatic carbocycles. The Hall–Kier alpha value is -1.92. The summed E-state index contributed by atoms with van der Waals surface area (Å²) in [4.78, 5) is 25.5. The molecular formula is C19H25NO5. The van der Waals surface area contributed by atoms with Gasteiger partial charge >= 0.3 is 5.97 Å². The van der Waals surface area contributed by atoms with Crippen LogP contribution in [0.2, 0.25) is 0 Å². The van der Waals surface area contributed by atoms with Crippen LogP contribution < -0.4 is 0 Å². The average molecular weight is 347 g/mol. The van der Waals surface area contributed by atoms with E-state index in [9.17, 15) is 9.59 Å². The zero-order chi connectivity index (χ0) is 17.8. The zero-order valence-electron chi connectivity index (χ0n) is 14.6. The minimum Gasteiger partial charge on any atom is -0.478 e.